The van der Waals surface area contributed by atoms with Gasteiger partial charge in [-0.1, -0.05) is 98.8 Å². The maximum absolute atomic E-state index is 6.51. The second-order valence-corrected chi connectivity index (χ2v) is 11.9. The first-order valence-electron chi connectivity index (χ1n) is 15.5. The van der Waals surface area contributed by atoms with Crippen molar-refractivity contribution in [2.24, 2.45) is 0 Å². The normalized spacial score (nSPS) is 14.2. The molecule has 0 amide bonds. The highest BCUT2D eigenvalue weighted by Crippen LogP contribution is 2.42. The fourth-order valence-corrected chi connectivity index (χ4v) is 5.60. The number of likely N-dealkylation sites (N-methyl/N-ethyl adjacent to an activating group) is 1. The van der Waals surface area contributed by atoms with Gasteiger partial charge in [0.1, 0.15) is 30.4 Å². The van der Waals surface area contributed by atoms with Crippen molar-refractivity contribution in [2.45, 2.75) is 39.5 Å². The molecule has 5 aromatic rings. The number of benzene rings is 4. The van der Waals surface area contributed by atoms with Crippen LogP contribution in [-0.2, 0) is 19.8 Å². The van der Waals surface area contributed by atoms with E-state index in [4.69, 9.17) is 18.9 Å². The Morgan fingerprint density at radius 1 is 0.727 bits per heavy atom. The Morgan fingerprint density at radius 2 is 1.34 bits per heavy atom. The van der Waals surface area contributed by atoms with Gasteiger partial charge in [0, 0.05) is 49.9 Å². The maximum Gasteiger partial charge on any atom is 0.182 e. The van der Waals surface area contributed by atoms with Crippen molar-refractivity contribution in [1.29, 1.82) is 0 Å². The van der Waals surface area contributed by atoms with Crippen molar-refractivity contribution in [3.8, 4) is 34.1 Å². The average Bonchev–Trinajstić information content (AvgIpc) is 3.55. The minimum atomic E-state index is 0.229. The highest BCUT2D eigenvalue weighted by Gasteiger charge is 2.22. The third-order valence-corrected chi connectivity index (χ3v) is 8.25. The summed E-state index contributed by atoms with van der Waals surface area (Å²) in [4.78, 5) is 9.62. The van der Waals surface area contributed by atoms with E-state index in [0.29, 0.717) is 19.0 Å². The molecule has 0 atom stereocenters. The number of oxazole rings is 1. The molecule has 0 N–H and O–H groups in total. The lowest BCUT2D eigenvalue weighted by Crippen LogP contribution is -2.43. The van der Waals surface area contributed by atoms with E-state index in [1.807, 2.05) is 42.5 Å². The first-order chi connectivity index (χ1) is 21.5. The van der Waals surface area contributed by atoms with Gasteiger partial charge in [0.2, 0.25) is 0 Å². The molecular weight excluding hydrogens is 546 g/mol. The smallest absolute Gasteiger partial charge is 0.182 e. The van der Waals surface area contributed by atoms with Crippen molar-refractivity contribution in [1.82, 2.24) is 14.8 Å². The first kappa shape index (κ1) is 29.7. The Labute approximate surface area is 260 Å². The largest absolute Gasteiger partial charge is 0.488 e. The molecule has 1 saturated heterocycles. The predicted molar refractivity (Wildman–Crippen MR) is 176 cm³/mol. The SMILES string of the molecule is CC(C)c1cc(-c2ncoc2-c2ccc(CN3CCN(C)CC3)cc2)c(OCc2ccccc2)cc1OCc1ccccc1. The zero-order valence-electron chi connectivity index (χ0n) is 25.9. The van der Waals surface area contributed by atoms with Gasteiger partial charge in [-0.3, -0.25) is 4.90 Å². The Morgan fingerprint density at radius 3 is 1.95 bits per heavy atom. The van der Waals surface area contributed by atoms with Gasteiger partial charge in [0.25, 0.3) is 0 Å². The third kappa shape index (κ3) is 7.21. The molecular formula is C38H41N3O3. The van der Waals surface area contributed by atoms with Crippen LogP contribution in [0, 0.1) is 0 Å². The van der Waals surface area contributed by atoms with E-state index in [1.54, 1.807) is 0 Å². The second-order valence-electron chi connectivity index (χ2n) is 11.9. The van der Waals surface area contributed by atoms with Crippen LogP contribution in [0.25, 0.3) is 22.6 Å². The Bertz CT molecular complexity index is 1620. The summed E-state index contributed by atoms with van der Waals surface area (Å²) in [6.07, 6.45) is 1.53. The minimum Gasteiger partial charge on any atom is -0.488 e. The highest BCUT2D eigenvalue weighted by atomic mass is 16.5. The van der Waals surface area contributed by atoms with E-state index in [1.165, 1.54) is 12.0 Å². The lowest BCUT2D eigenvalue weighted by atomic mass is 9.96. The number of nitrogens with zero attached hydrogens (tertiary/aromatic N) is 3. The number of hydrogen-bond donors (Lipinski definition) is 0. The van der Waals surface area contributed by atoms with Crippen LogP contribution >= 0.6 is 0 Å². The molecule has 0 aliphatic carbocycles. The van der Waals surface area contributed by atoms with Crippen LogP contribution in [0.4, 0.5) is 0 Å². The maximum atomic E-state index is 6.51. The lowest BCUT2D eigenvalue weighted by molar-refractivity contribution is 0.148. The summed E-state index contributed by atoms with van der Waals surface area (Å²) in [6.45, 7) is 10.7. The highest BCUT2D eigenvalue weighted by molar-refractivity contribution is 5.81. The van der Waals surface area contributed by atoms with Crippen molar-refractivity contribution >= 4 is 0 Å². The summed E-state index contributed by atoms with van der Waals surface area (Å²) < 4.78 is 19.0. The number of aromatic nitrogens is 1. The molecule has 1 aliphatic heterocycles. The molecule has 1 aliphatic rings. The van der Waals surface area contributed by atoms with Crippen LogP contribution in [0.1, 0.15) is 42.0 Å². The Kier molecular flexibility index (Phi) is 9.40. The van der Waals surface area contributed by atoms with Crippen LogP contribution in [0.2, 0.25) is 0 Å². The summed E-state index contributed by atoms with van der Waals surface area (Å²) >= 11 is 0. The molecule has 1 aromatic heterocycles. The number of hydrogen-bond acceptors (Lipinski definition) is 6. The summed E-state index contributed by atoms with van der Waals surface area (Å²) in [5, 5.41) is 0. The van der Waals surface area contributed by atoms with Crippen molar-refractivity contribution in [3.63, 3.8) is 0 Å². The van der Waals surface area contributed by atoms with Gasteiger partial charge in [-0.2, -0.15) is 0 Å². The van der Waals surface area contributed by atoms with Crippen molar-refractivity contribution in [3.05, 3.63) is 126 Å². The van der Waals surface area contributed by atoms with Crippen LogP contribution < -0.4 is 9.47 Å². The molecule has 0 spiro atoms. The molecule has 6 nitrogen and oxygen atoms in total. The average molecular weight is 588 g/mol. The van der Waals surface area contributed by atoms with Crippen LogP contribution in [-0.4, -0.2) is 48.0 Å². The molecule has 226 valence electrons. The van der Waals surface area contributed by atoms with Gasteiger partial charge in [-0.15, -0.1) is 0 Å². The molecule has 44 heavy (non-hydrogen) atoms. The van der Waals surface area contributed by atoms with Gasteiger partial charge in [-0.05, 0) is 41.3 Å². The molecule has 0 unspecified atom stereocenters. The second kappa shape index (κ2) is 13.9. The lowest BCUT2D eigenvalue weighted by Gasteiger charge is -2.32. The van der Waals surface area contributed by atoms with E-state index in [0.717, 1.165) is 77.7 Å². The zero-order chi connectivity index (χ0) is 30.3. The molecule has 2 heterocycles. The van der Waals surface area contributed by atoms with E-state index in [2.05, 4.69) is 85.3 Å². The van der Waals surface area contributed by atoms with Crippen LogP contribution in [0.3, 0.4) is 0 Å². The molecule has 0 radical (unpaired) electrons. The van der Waals surface area contributed by atoms with Gasteiger partial charge in [-0.25, -0.2) is 4.98 Å². The molecule has 0 bridgehead atoms. The van der Waals surface area contributed by atoms with Crippen LogP contribution in [0.5, 0.6) is 11.5 Å². The van der Waals surface area contributed by atoms with Crippen molar-refractivity contribution in [2.75, 3.05) is 33.2 Å². The van der Waals surface area contributed by atoms with E-state index >= 15 is 0 Å². The zero-order valence-corrected chi connectivity index (χ0v) is 25.9. The molecule has 6 heteroatoms. The molecule has 0 saturated carbocycles. The van der Waals surface area contributed by atoms with Gasteiger partial charge in [0.05, 0.1) is 0 Å². The van der Waals surface area contributed by atoms with Gasteiger partial charge >= 0.3 is 0 Å². The summed E-state index contributed by atoms with van der Waals surface area (Å²) in [6, 6.07) is 33.3. The minimum absolute atomic E-state index is 0.229. The topological polar surface area (TPSA) is 51.0 Å². The number of ether oxygens (including phenoxy) is 2. The quantitative estimate of drug-likeness (QED) is 0.156. The van der Waals surface area contributed by atoms with Crippen LogP contribution in [0.15, 0.2) is 108 Å². The molecule has 4 aromatic carbocycles. The summed E-state index contributed by atoms with van der Waals surface area (Å²) in [7, 11) is 2.19. The Balaban J connectivity index is 1.31. The van der Waals surface area contributed by atoms with E-state index in [9.17, 15) is 0 Å². The monoisotopic (exact) mass is 587 g/mol. The Hall–Kier alpha value is -4.39. The standard InChI is InChI=1S/C38H41N3O3/c1-28(2)33-22-34(36(43-26-31-12-8-5-9-13-31)23-35(33)42-25-30-10-6-4-7-11-30)37-38(44-27-39-37)32-16-14-29(15-17-32)24-41-20-18-40(3)19-21-41/h4-17,22-23,27-28H,18-21,24-26H2,1-3H3. The van der Waals surface area contributed by atoms with E-state index < -0.39 is 0 Å². The molecule has 1 fully saturated rings. The predicted octanol–water partition coefficient (Wildman–Crippen LogP) is 8.04. The van der Waals surface area contributed by atoms with E-state index in [-0.39, 0.29) is 5.92 Å². The first-order valence-corrected chi connectivity index (χ1v) is 15.5. The van der Waals surface area contributed by atoms with Crippen molar-refractivity contribution < 1.29 is 13.9 Å². The fourth-order valence-electron chi connectivity index (χ4n) is 5.60. The summed E-state index contributed by atoms with van der Waals surface area (Å²) in [5.74, 6) is 2.48. The van der Waals surface area contributed by atoms with Gasteiger partial charge in [0.15, 0.2) is 12.2 Å². The number of piperazine rings is 1. The summed E-state index contributed by atoms with van der Waals surface area (Å²) in [5.41, 5.74) is 7.25. The number of rotatable bonds is 11. The fraction of sp³-hybridized carbons (Fsp3) is 0.289. The third-order valence-electron chi connectivity index (χ3n) is 8.25. The molecule has 6 rings (SSSR count). The van der Waals surface area contributed by atoms with Gasteiger partial charge < -0.3 is 18.8 Å².